The number of carbonyl (C=O) groups is 3. The van der Waals surface area contributed by atoms with E-state index in [0.717, 1.165) is 29.2 Å². The molecule has 166 valence electrons. The lowest BCUT2D eigenvalue weighted by molar-refractivity contribution is -0.123. The van der Waals surface area contributed by atoms with E-state index in [1.807, 2.05) is 31.2 Å². The molecule has 31 heavy (non-hydrogen) atoms. The number of amides is 2. The van der Waals surface area contributed by atoms with Gasteiger partial charge in [0.2, 0.25) is 5.91 Å². The van der Waals surface area contributed by atoms with Gasteiger partial charge in [-0.05, 0) is 50.6 Å². The normalized spacial score (nSPS) is 14.6. The van der Waals surface area contributed by atoms with Gasteiger partial charge in [-0.25, -0.2) is 4.79 Å². The highest BCUT2D eigenvalue weighted by Crippen LogP contribution is 2.33. The summed E-state index contributed by atoms with van der Waals surface area (Å²) >= 11 is 1.30. The van der Waals surface area contributed by atoms with Crippen molar-refractivity contribution in [2.45, 2.75) is 33.8 Å². The van der Waals surface area contributed by atoms with Crippen LogP contribution in [0.2, 0.25) is 0 Å². The zero-order chi connectivity index (χ0) is 22.5. The van der Waals surface area contributed by atoms with Crippen molar-refractivity contribution in [1.82, 2.24) is 0 Å². The van der Waals surface area contributed by atoms with Crippen LogP contribution in [-0.4, -0.2) is 50.2 Å². The summed E-state index contributed by atoms with van der Waals surface area (Å²) in [4.78, 5) is 39.8. The first-order valence-corrected chi connectivity index (χ1v) is 10.9. The molecule has 3 rings (SSSR count). The third-order valence-corrected chi connectivity index (χ3v) is 6.17. The molecular formula is C22H27N3O5S. The average Bonchev–Trinajstić information content (AvgIpc) is 3.01. The zero-order valence-electron chi connectivity index (χ0n) is 18.1. The molecule has 1 aliphatic rings. The number of thiophene rings is 1. The number of benzene rings is 1. The number of morpholine rings is 1. The first-order valence-electron chi connectivity index (χ1n) is 10.1. The van der Waals surface area contributed by atoms with E-state index in [4.69, 9.17) is 9.47 Å². The third-order valence-electron chi connectivity index (χ3n) is 5.04. The number of rotatable bonds is 6. The van der Waals surface area contributed by atoms with Crippen LogP contribution in [0.1, 0.15) is 34.6 Å². The van der Waals surface area contributed by atoms with Crippen molar-refractivity contribution in [1.29, 1.82) is 0 Å². The molecule has 9 heteroatoms. The van der Waals surface area contributed by atoms with Crippen LogP contribution in [-0.2, 0) is 19.1 Å². The first-order chi connectivity index (χ1) is 14.8. The van der Waals surface area contributed by atoms with Gasteiger partial charge in [0.25, 0.3) is 5.91 Å². The van der Waals surface area contributed by atoms with Crippen molar-refractivity contribution < 1.29 is 23.9 Å². The Morgan fingerprint density at radius 1 is 1.10 bits per heavy atom. The number of nitrogens with zero attached hydrogens (tertiary/aromatic N) is 1. The van der Waals surface area contributed by atoms with Gasteiger partial charge in [-0.1, -0.05) is 0 Å². The molecule has 2 amide bonds. The summed E-state index contributed by atoms with van der Waals surface area (Å²) in [5.41, 5.74) is 2.69. The first kappa shape index (κ1) is 22.8. The van der Waals surface area contributed by atoms with E-state index < -0.39 is 18.0 Å². The van der Waals surface area contributed by atoms with Gasteiger partial charge in [0, 0.05) is 36.3 Å². The number of aryl methyl sites for hydroxylation is 1. The van der Waals surface area contributed by atoms with Gasteiger partial charge in [0.1, 0.15) is 5.00 Å². The Kier molecular flexibility index (Phi) is 7.29. The van der Waals surface area contributed by atoms with Crippen LogP contribution in [0.5, 0.6) is 0 Å². The lowest BCUT2D eigenvalue weighted by Gasteiger charge is -2.28. The molecule has 1 aliphatic heterocycles. The van der Waals surface area contributed by atoms with Crippen LogP contribution < -0.4 is 15.5 Å². The van der Waals surface area contributed by atoms with Crippen molar-refractivity contribution in [2.24, 2.45) is 0 Å². The summed E-state index contributed by atoms with van der Waals surface area (Å²) in [6.07, 6.45) is -1.00. The van der Waals surface area contributed by atoms with Crippen molar-refractivity contribution in [3.63, 3.8) is 0 Å². The van der Waals surface area contributed by atoms with E-state index in [2.05, 4.69) is 15.5 Å². The molecule has 0 unspecified atom stereocenters. The quantitative estimate of drug-likeness (QED) is 0.662. The van der Waals surface area contributed by atoms with Gasteiger partial charge in [0.05, 0.1) is 18.8 Å². The number of ether oxygens (including phenoxy) is 2. The predicted octanol–water partition coefficient (Wildman–Crippen LogP) is 3.34. The van der Waals surface area contributed by atoms with Crippen LogP contribution in [0, 0.1) is 13.8 Å². The minimum absolute atomic E-state index is 0.276. The van der Waals surface area contributed by atoms with Gasteiger partial charge < -0.3 is 25.0 Å². The standard InChI is InChI=1S/C22H27N3O5S/c1-13-15(3)31-21(23-16(4)26)19(13)22(28)30-14(2)20(27)24-17-5-7-18(8-6-17)25-9-11-29-12-10-25/h5-8,14H,9-12H2,1-4H3,(H,23,26)(H,24,27)/t14-/m0/s1. The maximum atomic E-state index is 12.7. The second kappa shape index (κ2) is 9.93. The molecule has 1 aromatic heterocycles. The number of carbonyl (C=O) groups excluding carboxylic acids is 3. The second-order valence-electron chi connectivity index (χ2n) is 7.35. The Morgan fingerprint density at radius 2 is 1.74 bits per heavy atom. The monoisotopic (exact) mass is 445 g/mol. The largest absolute Gasteiger partial charge is 0.449 e. The Morgan fingerprint density at radius 3 is 2.35 bits per heavy atom. The molecule has 0 saturated carbocycles. The Bertz CT molecular complexity index is 964. The molecule has 0 aliphatic carbocycles. The molecule has 0 bridgehead atoms. The highest BCUT2D eigenvalue weighted by Gasteiger charge is 2.25. The van der Waals surface area contributed by atoms with E-state index >= 15 is 0 Å². The van der Waals surface area contributed by atoms with Crippen molar-refractivity contribution >= 4 is 45.5 Å². The predicted molar refractivity (Wildman–Crippen MR) is 121 cm³/mol. The smallest absolute Gasteiger partial charge is 0.342 e. The SMILES string of the molecule is CC(=O)Nc1sc(C)c(C)c1C(=O)O[C@@H](C)C(=O)Nc1ccc(N2CCOCC2)cc1. The number of hydrogen-bond donors (Lipinski definition) is 2. The minimum Gasteiger partial charge on any atom is -0.449 e. The van der Waals surface area contributed by atoms with Gasteiger partial charge >= 0.3 is 5.97 Å². The maximum Gasteiger partial charge on any atom is 0.342 e. The van der Waals surface area contributed by atoms with Gasteiger partial charge in [0.15, 0.2) is 6.10 Å². The van der Waals surface area contributed by atoms with Crippen molar-refractivity contribution in [3.8, 4) is 0 Å². The number of nitrogens with one attached hydrogen (secondary N) is 2. The highest BCUT2D eigenvalue weighted by atomic mass is 32.1. The zero-order valence-corrected chi connectivity index (χ0v) is 18.9. The molecule has 1 fully saturated rings. The van der Waals surface area contributed by atoms with Crippen LogP contribution in [0.25, 0.3) is 0 Å². The third kappa shape index (κ3) is 5.62. The fourth-order valence-corrected chi connectivity index (χ4v) is 4.31. The molecule has 2 heterocycles. The van der Waals surface area contributed by atoms with Gasteiger partial charge in [-0.2, -0.15) is 0 Å². The van der Waals surface area contributed by atoms with Crippen molar-refractivity contribution in [3.05, 3.63) is 40.3 Å². The van der Waals surface area contributed by atoms with Crippen LogP contribution in [0.15, 0.2) is 24.3 Å². The molecule has 0 spiro atoms. The van der Waals surface area contributed by atoms with E-state index in [1.165, 1.54) is 25.2 Å². The summed E-state index contributed by atoms with van der Waals surface area (Å²) < 4.78 is 10.8. The Hall–Kier alpha value is -2.91. The Labute approximate surface area is 185 Å². The number of esters is 1. The lowest BCUT2D eigenvalue weighted by atomic mass is 10.1. The molecule has 1 atom stereocenters. The topological polar surface area (TPSA) is 97.0 Å². The number of hydrogen-bond acceptors (Lipinski definition) is 7. The highest BCUT2D eigenvalue weighted by molar-refractivity contribution is 7.16. The molecule has 2 aromatic rings. The molecule has 2 N–H and O–H groups in total. The summed E-state index contributed by atoms with van der Waals surface area (Å²) in [6, 6.07) is 7.51. The maximum absolute atomic E-state index is 12.7. The van der Waals surface area contributed by atoms with E-state index in [0.29, 0.717) is 23.9 Å². The van der Waals surface area contributed by atoms with Crippen LogP contribution in [0.3, 0.4) is 0 Å². The van der Waals surface area contributed by atoms with E-state index in [-0.39, 0.29) is 11.5 Å². The Balaban J connectivity index is 1.62. The number of anilines is 3. The fourth-order valence-electron chi connectivity index (χ4n) is 3.21. The minimum atomic E-state index is -1.00. The second-order valence-corrected chi connectivity index (χ2v) is 8.58. The molecular weight excluding hydrogens is 418 g/mol. The lowest BCUT2D eigenvalue weighted by Crippen LogP contribution is -2.36. The summed E-state index contributed by atoms with van der Waals surface area (Å²) in [6.45, 7) is 9.61. The fraction of sp³-hybridized carbons (Fsp3) is 0.409. The van der Waals surface area contributed by atoms with E-state index in [1.54, 1.807) is 6.92 Å². The summed E-state index contributed by atoms with van der Waals surface area (Å²) in [5.74, 6) is -1.35. The van der Waals surface area contributed by atoms with E-state index in [9.17, 15) is 14.4 Å². The average molecular weight is 446 g/mol. The van der Waals surface area contributed by atoms with Crippen molar-refractivity contribution in [2.75, 3.05) is 41.8 Å². The molecule has 0 radical (unpaired) electrons. The van der Waals surface area contributed by atoms with Crippen LogP contribution in [0.4, 0.5) is 16.4 Å². The van der Waals surface area contributed by atoms with Crippen LogP contribution >= 0.6 is 11.3 Å². The van der Waals surface area contributed by atoms with Gasteiger partial charge in [-0.15, -0.1) is 11.3 Å². The summed E-state index contributed by atoms with van der Waals surface area (Å²) in [7, 11) is 0. The molecule has 8 nitrogen and oxygen atoms in total. The molecule has 1 aromatic carbocycles. The summed E-state index contributed by atoms with van der Waals surface area (Å²) in [5, 5.41) is 5.86. The molecule has 1 saturated heterocycles. The van der Waals surface area contributed by atoms with Gasteiger partial charge in [-0.3, -0.25) is 9.59 Å².